The van der Waals surface area contributed by atoms with Crippen molar-refractivity contribution in [2.24, 2.45) is 5.41 Å². The number of allylic oxidation sites excluding steroid dienone is 4. The van der Waals surface area contributed by atoms with E-state index in [1.54, 1.807) is 6.20 Å². The lowest BCUT2D eigenvalue weighted by atomic mass is 9.87. The second-order valence-electron chi connectivity index (χ2n) is 14.4. The molecule has 0 saturated heterocycles. The normalized spacial score (nSPS) is 12.4. The summed E-state index contributed by atoms with van der Waals surface area (Å²) in [7, 11) is 0. The molecule has 3 aromatic rings. The number of aromatic nitrogens is 2. The average molecular weight is 597 g/mol. The van der Waals surface area contributed by atoms with Gasteiger partial charge in [0.2, 0.25) is 0 Å². The van der Waals surface area contributed by atoms with Gasteiger partial charge >= 0.3 is 0 Å². The molecule has 2 nitrogen and oxygen atoms in total. The Bertz CT molecular complexity index is 1130. The Morgan fingerprint density at radius 2 is 1.24 bits per heavy atom. The molecule has 3 aromatic heterocycles. The molecule has 0 bridgehead atoms. The number of nitrogens with zero attached hydrogens (tertiary/aromatic N) is 2. The van der Waals surface area contributed by atoms with Crippen molar-refractivity contribution in [3.63, 3.8) is 0 Å². The van der Waals surface area contributed by atoms with E-state index in [1.807, 2.05) is 23.6 Å². The number of rotatable bonds is 0. The molecule has 0 spiro atoms. The van der Waals surface area contributed by atoms with E-state index in [2.05, 4.69) is 160 Å². The Hall–Kier alpha value is -2.39. The van der Waals surface area contributed by atoms with Crippen LogP contribution in [0.5, 0.6) is 0 Å². The molecule has 1 aliphatic carbocycles. The third-order valence-corrected chi connectivity index (χ3v) is 7.66. The highest BCUT2D eigenvalue weighted by Crippen LogP contribution is 2.29. The van der Waals surface area contributed by atoms with Crippen molar-refractivity contribution in [2.45, 2.75) is 142 Å². The molecule has 0 unspecified atom stereocenters. The second-order valence-corrected chi connectivity index (χ2v) is 15.3. The number of aryl methyl sites for hydroxylation is 2. The van der Waals surface area contributed by atoms with Crippen LogP contribution in [0.4, 0.5) is 0 Å². The van der Waals surface area contributed by atoms with E-state index in [9.17, 15) is 0 Å². The van der Waals surface area contributed by atoms with Gasteiger partial charge in [0.05, 0.1) is 0 Å². The molecule has 0 aliphatic heterocycles. The number of hydrogen-bond acceptors (Lipinski definition) is 2. The fourth-order valence-electron chi connectivity index (χ4n) is 4.25. The fourth-order valence-corrected chi connectivity index (χ4v) is 5.07. The Morgan fingerprint density at radius 1 is 0.690 bits per heavy atom. The summed E-state index contributed by atoms with van der Waals surface area (Å²) < 4.78 is 2.35. The maximum atomic E-state index is 4.05. The van der Waals surface area contributed by atoms with Crippen molar-refractivity contribution in [1.82, 2.24) is 9.55 Å². The van der Waals surface area contributed by atoms with Crippen LogP contribution in [0.25, 0.3) is 0 Å². The number of thiophene rings is 1. The van der Waals surface area contributed by atoms with Crippen LogP contribution in [-0.4, -0.2) is 9.55 Å². The summed E-state index contributed by atoms with van der Waals surface area (Å²) in [6.07, 6.45) is 11.6. The second kappa shape index (κ2) is 18.3. The molecule has 42 heavy (non-hydrogen) atoms. The van der Waals surface area contributed by atoms with Crippen molar-refractivity contribution < 1.29 is 0 Å². The van der Waals surface area contributed by atoms with Crippen molar-refractivity contribution in [2.75, 3.05) is 0 Å². The molecule has 4 rings (SSSR count). The van der Waals surface area contributed by atoms with Gasteiger partial charge in [0.15, 0.2) is 0 Å². The minimum atomic E-state index is 0. The van der Waals surface area contributed by atoms with Gasteiger partial charge in [-0.25, -0.2) is 0 Å². The molecule has 0 aromatic carbocycles. The lowest BCUT2D eigenvalue weighted by molar-refractivity contribution is 0.383. The zero-order chi connectivity index (χ0) is 30.1. The van der Waals surface area contributed by atoms with Crippen molar-refractivity contribution in [3.05, 3.63) is 99.8 Å². The summed E-state index contributed by atoms with van der Waals surface area (Å²) >= 11 is 1.83. The predicted molar refractivity (Wildman–Crippen MR) is 196 cm³/mol. The van der Waals surface area contributed by atoms with Gasteiger partial charge in [-0.05, 0) is 98.1 Å². The van der Waals surface area contributed by atoms with Crippen molar-refractivity contribution >= 4 is 11.3 Å². The topological polar surface area (TPSA) is 17.8 Å². The Balaban J connectivity index is -0.000000473. The fraction of sp³-hybridized carbons (Fsp3) is 0.564. The summed E-state index contributed by atoms with van der Waals surface area (Å²) in [5.74, 6) is 0. The first kappa shape index (κ1) is 44.1. The summed E-state index contributed by atoms with van der Waals surface area (Å²) in [5, 5.41) is 2.13. The lowest BCUT2D eigenvalue weighted by Gasteiger charge is -2.25. The lowest BCUT2D eigenvalue weighted by Crippen LogP contribution is -2.23. The molecule has 3 heterocycles. The third-order valence-electron chi connectivity index (χ3n) is 6.37. The first-order chi connectivity index (χ1) is 17.7. The van der Waals surface area contributed by atoms with E-state index in [-0.39, 0.29) is 33.2 Å². The SMILES string of the molecule is C.C.C.CC(C)(C)C1=CCC=C1.CC(C)(C)c1cccnc1.CC(C)(C)c1cccs1.Cc1ccc(C)n1C(C)(C)C. The summed E-state index contributed by atoms with van der Waals surface area (Å²) in [5.41, 5.74) is 6.59. The minimum Gasteiger partial charge on any atom is -0.344 e. The average Bonchev–Trinajstić information content (AvgIpc) is 3.56. The van der Waals surface area contributed by atoms with Crippen LogP contribution in [0, 0.1) is 19.3 Å². The van der Waals surface area contributed by atoms with Crippen LogP contribution in [0.3, 0.4) is 0 Å². The van der Waals surface area contributed by atoms with Gasteiger partial charge in [0.25, 0.3) is 0 Å². The van der Waals surface area contributed by atoms with Gasteiger partial charge in [-0.3, -0.25) is 4.98 Å². The number of hydrogen-bond donors (Lipinski definition) is 0. The molecule has 0 N–H and O–H groups in total. The maximum absolute atomic E-state index is 4.05. The predicted octanol–water partition coefficient (Wildman–Crippen LogP) is 13.1. The summed E-state index contributed by atoms with van der Waals surface area (Å²) in [4.78, 5) is 5.51. The zero-order valence-corrected chi connectivity index (χ0v) is 28.3. The van der Waals surface area contributed by atoms with E-state index >= 15 is 0 Å². The van der Waals surface area contributed by atoms with Gasteiger partial charge in [-0.15, -0.1) is 11.3 Å². The molecule has 0 atom stereocenters. The van der Waals surface area contributed by atoms with Gasteiger partial charge < -0.3 is 4.57 Å². The standard InChI is InChI=1S/C10H17N.C9H13N.C9H14.C8H12S.3CH4/c1-8-6-7-9(2)11(8)10(3,4)5;1-9(2,3)8-5-4-6-10-7-8;1-9(2,3)8-6-4-5-7-8;1-8(2,3)7-5-4-6-9-7;;;/h6-7H,1-5H3;4-7H,1-3H3;4,6-7H,5H2,1-3H3;4-6H,1-3H3;3*1H4. The van der Waals surface area contributed by atoms with Crippen molar-refractivity contribution in [1.29, 1.82) is 0 Å². The summed E-state index contributed by atoms with van der Waals surface area (Å²) in [6.45, 7) is 31.0. The van der Waals surface area contributed by atoms with Crippen LogP contribution in [0.15, 0.2) is 78.0 Å². The van der Waals surface area contributed by atoms with E-state index < -0.39 is 0 Å². The molecule has 0 saturated carbocycles. The first-order valence-electron chi connectivity index (χ1n) is 14.2. The van der Waals surface area contributed by atoms with Crippen LogP contribution < -0.4 is 0 Å². The molecule has 0 amide bonds. The van der Waals surface area contributed by atoms with E-state index in [1.165, 1.54) is 27.4 Å². The van der Waals surface area contributed by atoms with Gasteiger partial charge in [-0.2, -0.15) is 0 Å². The Kier molecular flexibility index (Phi) is 19.2. The van der Waals surface area contributed by atoms with Crippen LogP contribution in [0.1, 0.15) is 134 Å². The molecule has 3 heteroatoms. The molecule has 0 fully saturated rings. The van der Waals surface area contributed by atoms with Crippen LogP contribution in [0.2, 0.25) is 0 Å². The van der Waals surface area contributed by atoms with Crippen LogP contribution in [-0.2, 0) is 16.4 Å². The maximum Gasteiger partial charge on any atom is 0.0360 e. The molecular weight excluding hydrogens is 529 g/mol. The molecule has 1 aliphatic rings. The summed E-state index contributed by atoms with van der Waals surface area (Å²) in [6, 6.07) is 12.7. The highest BCUT2D eigenvalue weighted by molar-refractivity contribution is 7.10. The molecule has 0 radical (unpaired) electrons. The van der Waals surface area contributed by atoms with Gasteiger partial charge in [0, 0.05) is 34.2 Å². The minimum absolute atomic E-state index is 0. The van der Waals surface area contributed by atoms with E-state index in [0.717, 1.165) is 6.42 Å². The molecule has 240 valence electrons. The quantitative estimate of drug-likeness (QED) is 0.252. The smallest absolute Gasteiger partial charge is 0.0360 e. The monoisotopic (exact) mass is 597 g/mol. The van der Waals surface area contributed by atoms with E-state index in [0.29, 0.717) is 10.8 Å². The Morgan fingerprint density at radius 3 is 1.45 bits per heavy atom. The van der Waals surface area contributed by atoms with Gasteiger partial charge in [0.1, 0.15) is 0 Å². The van der Waals surface area contributed by atoms with Crippen molar-refractivity contribution in [3.8, 4) is 0 Å². The zero-order valence-electron chi connectivity index (χ0n) is 27.4. The van der Waals surface area contributed by atoms with E-state index in [4.69, 9.17) is 0 Å². The van der Waals surface area contributed by atoms with Crippen LogP contribution >= 0.6 is 11.3 Å². The largest absolute Gasteiger partial charge is 0.344 e. The first-order valence-corrected chi connectivity index (χ1v) is 15.1. The highest BCUT2D eigenvalue weighted by atomic mass is 32.1. The Labute approximate surface area is 267 Å². The molecular formula is C39H68N2S. The highest BCUT2D eigenvalue weighted by Gasteiger charge is 2.16. The third kappa shape index (κ3) is 15.7. The number of pyridine rings is 1. The van der Waals surface area contributed by atoms with Gasteiger partial charge in [-0.1, -0.05) is 115 Å².